The van der Waals surface area contributed by atoms with Gasteiger partial charge in [0.25, 0.3) is 0 Å². The van der Waals surface area contributed by atoms with Crippen LogP contribution in [-0.4, -0.2) is 174 Å². The van der Waals surface area contributed by atoms with E-state index < -0.39 is 75.6 Å². The van der Waals surface area contributed by atoms with Gasteiger partial charge in [0.1, 0.15) is 22.4 Å². The molecule has 6 aliphatic rings. The molecule has 3 aromatic heterocycles. The molecule has 3 aliphatic heterocycles. The summed E-state index contributed by atoms with van der Waals surface area (Å²) in [6.07, 6.45) is -0.472. The molecule has 23 heteroatoms. The summed E-state index contributed by atoms with van der Waals surface area (Å²) >= 11 is 6.27. The molecule has 22 nitrogen and oxygen atoms in total. The van der Waals surface area contributed by atoms with Crippen molar-refractivity contribution >= 4 is 11.6 Å². The van der Waals surface area contributed by atoms with Crippen molar-refractivity contribution in [2.24, 2.45) is 17.8 Å². The average Bonchev–Trinajstić information content (AvgIpc) is 1.51. The van der Waals surface area contributed by atoms with Gasteiger partial charge in [-0.1, -0.05) is 139 Å². The summed E-state index contributed by atoms with van der Waals surface area (Å²) in [6, 6.07) is 61.7. The van der Waals surface area contributed by atoms with Crippen molar-refractivity contribution in [1.29, 1.82) is 15.8 Å². The van der Waals surface area contributed by atoms with Crippen LogP contribution in [0.4, 0.5) is 0 Å². The van der Waals surface area contributed by atoms with Crippen LogP contribution in [0.25, 0.3) is 0 Å². The fourth-order valence-corrected chi connectivity index (χ4v) is 18.0. The van der Waals surface area contributed by atoms with E-state index in [0.29, 0.717) is 81.4 Å². The zero-order valence-electron chi connectivity index (χ0n) is 59.8. The topological polar surface area (TPSA) is 317 Å². The van der Waals surface area contributed by atoms with E-state index in [2.05, 4.69) is 33.2 Å². The van der Waals surface area contributed by atoms with Crippen LogP contribution in [0.15, 0.2) is 194 Å². The van der Waals surface area contributed by atoms with E-state index in [1.165, 1.54) is 27.4 Å². The van der Waals surface area contributed by atoms with E-state index >= 15 is 0 Å². The molecule has 0 amide bonds. The van der Waals surface area contributed by atoms with Crippen molar-refractivity contribution in [2.75, 3.05) is 90.4 Å². The molecule has 0 saturated heterocycles. The molecule has 105 heavy (non-hydrogen) atoms. The highest BCUT2D eigenvalue weighted by Crippen LogP contribution is 2.73. The van der Waals surface area contributed by atoms with Crippen molar-refractivity contribution in [3.8, 4) is 53.1 Å². The molecular formula is C82H84ClN9O13. The van der Waals surface area contributed by atoms with Gasteiger partial charge in [0, 0.05) is 80.7 Å². The molecule has 7 N–H and O–H groups in total. The molecule has 15 rings (SSSR count). The van der Waals surface area contributed by atoms with Gasteiger partial charge in [0.15, 0.2) is 33.6 Å². The predicted octanol–water partition coefficient (Wildman–Crippen LogP) is 8.58. The number of methoxy groups -OCH3 is 3. The van der Waals surface area contributed by atoms with E-state index in [9.17, 15) is 46.4 Å². The lowest BCUT2D eigenvalue weighted by molar-refractivity contribution is -0.152. The van der Waals surface area contributed by atoms with Gasteiger partial charge in [-0.2, -0.15) is 15.8 Å². The monoisotopic (exact) mass is 1440 g/mol. The Morgan fingerprint density at radius 3 is 0.962 bits per heavy atom. The first-order chi connectivity index (χ1) is 50.5. The van der Waals surface area contributed by atoms with Crippen LogP contribution in [0.5, 0.6) is 34.9 Å². The highest BCUT2D eigenvalue weighted by atomic mass is 35.5. The Balaban J connectivity index is 0.000000146. The Bertz CT molecular complexity index is 4530. The Kier molecular flexibility index (Phi) is 20.9. The third-order valence-electron chi connectivity index (χ3n) is 21.5. The number of aliphatic hydroxyl groups is 7. The van der Waals surface area contributed by atoms with Gasteiger partial charge >= 0.3 is 0 Å². The lowest BCUT2D eigenvalue weighted by Gasteiger charge is -2.41. The number of nitrogens with zero attached hydrogens (tertiary/aromatic N) is 9. The standard InChI is InChI=1S/C27H26ClN3O4.2C27H27N3O4.CH4O/c1-31(2)15-19-22(17-7-5-4-6-8-17)27(18-11-9-16(14-29)10-12-18)26(33,24(19)32)23-20(35-27)13-21(28)30-25(23)34-3;2*1-30(2)16-20-22(18-7-5-4-6-8-18)27(19-11-9-17(15-28)10-12-19)26(32,24(20)31)23-21(34-27)13-14-29-25(23)33-3;1-2/h4-13,19,22,24,32-33H,15H2,1-3H3;2*4-14,20,22,24,31-32H,16H2,1-3H3;2H,1H3/t19-,22-,24-,26+,27+;2*20-,22-,24-,26+,27+;/m111./s1. The maximum absolute atomic E-state index is 12.7. The van der Waals surface area contributed by atoms with Gasteiger partial charge in [0.2, 0.25) is 17.6 Å². The van der Waals surface area contributed by atoms with E-state index in [-0.39, 0.29) is 40.2 Å². The molecule has 0 unspecified atom stereocenters. The van der Waals surface area contributed by atoms with Crippen molar-refractivity contribution in [1.82, 2.24) is 29.7 Å². The maximum Gasteiger partial charge on any atom is 0.224 e. The molecular weight excluding hydrogens is 1350 g/mol. The summed E-state index contributed by atoms with van der Waals surface area (Å²) in [5.74, 6) is -0.798. The van der Waals surface area contributed by atoms with Crippen molar-refractivity contribution in [3.05, 3.63) is 266 Å². The molecule has 542 valence electrons. The lowest BCUT2D eigenvalue weighted by atomic mass is 9.70. The molecule has 0 radical (unpaired) electrons. The number of nitriles is 3. The number of hydrogen-bond donors (Lipinski definition) is 7. The van der Waals surface area contributed by atoms with Crippen LogP contribution in [0.2, 0.25) is 5.15 Å². The third kappa shape index (κ3) is 11.6. The van der Waals surface area contributed by atoms with Crippen LogP contribution in [0, 0.1) is 51.7 Å². The third-order valence-corrected chi connectivity index (χ3v) is 21.7. The summed E-state index contributed by atoms with van der Waals surface area (Å²) < 4.78 is 36.8. The quantitative estimate of drug-likeness (QED) is 0.0472. The number of halogens is 1. The van der Waals surface area contributed by atoms with E-state index in [1.807, 2.05) is 148 Å². The summed E-state index contributed by atoms with van der Waals surface area (Å²) in [7, 11) is 17.0. The highest BCUT2D eigenvalue weighted by molar-refractivity contribution is 6.29. The minimum Gasteiger partial charge on any atom is -0.481 e. The van der Waals surface area contributed by atoms with E-state index in [1.54, 1.807) is 97.3 Å². The second kappa shape index (κ2) is 29.5. The number of aromatic nitrogens is 3. The SMILES string of the molecule is CO.COc1nc(Cl)cc2c1[C@]1(O)[C@H](O)[C@H](CN(C)C)[C@@H](c3ccccc3)[C@]1(c1ccc(C#N)cc1)O2.COc1nccc2c1[C@]1(O)[C@H](O)[C@H](CN(C)C)[C@@H](c3ccccc3)[C@]1(c1ccc(C#N)cc1)O2.COc1nccc2c1[C@]1(O)[C@H](O)[C@H](CN(C)C)[C@@H](c3ccccc3)[C@]1(c1ccc(C#N)cc1)O2. The summed E-state index contributed by atoms with van der Waals surface area (Å²) in [4.78, 5) is 18.9. The first-order valence-electron chi connectivity index (χ1n) is 34.2. The predicted molar refractivity (Wildman–Crippen MR) is 389 cm³/mol. The number of ether oxygens (including phenoxy) is 6. The van der Waals surface area contributed by atoms with Gasteiger partial charge in [0.05, 0.1) is 91.2 Å². The maximum atomic E-state index is 12.7. The Hall–Kier alpha value is -10.1. The zero-order valence-corrected chi connectivity index (χ0v) is 60.5. The van der Waals surface area contributed by atoms with Crippen molar-refractivity contribution < 1.29 is 64.2 Å². The van der Waals surface area contributed by atoms with Gasteiger partial charge in [-0.3, -0.25) is 0 Å². The molecule has 3 fully saturated rings. The van der Waals surface area contributed by atoms with Crippen LogP contribution in [0.1, 0.15) is 84.5 Å². The number of benzene rings is 6. The smallest absolute Gasteiger partial charge is 0.224 e. The minimum absolute atomic E-state index is 0.0990. The van der Waals surface area contributed by atoms with Gasteiger partial charge in [-0.05, 0) is 124 Å². The number of fused-ring (bicyclic) bond motifs is 9. The largest absolute Gasteiger partial charge is 0.481 e. The first-order valence-corrected chi connectivity index (χ1v) is 34.6. The Labute approximate surface area is 615 Å². The Morgan fingerprint density at radius 1 is 0.419 bits per heavy atom. The van der Waals surface area contributed by atoms with Gasteiger partial charge in [-0.15, -0.1) is 0 Å². The molecule has 9 aromatic rings. The average molecular weight is 1440 g/mol. The number of pyridine rings is 3. The van der Waals surface area contributed by atoms with E-state index in [0.717, 1.165) is 23.8 Å². The second-order valence-corrected chi connectivity index (χ2v) is 28.3. The van der Waals surface area contributed by atoms with Crippen molar-refractivity contribution in [2.45, 2.75) is 69.7 Å². The van der Waals surface area contributed by atoms with Gasteiger partial charge in [-0.25, -0.2) is 15.0 Å². The number of rotatable bonds is 15. The molecule has 3 saturated carbocycles. The fourth-order valence-electron chi connectivity index (χ4n) is 17.8. The van der Waals surface area contributed by atoms with Crippen LogP contribution in [0.3, 0.4) is 0 Å². The lowest BCUT2D eigenvalue weighted by Crippen LogP contribution is -2.52. The van der Waals surface area contributed by atoms with E-state index in [4.69, 9.17) is 45.1 Å². The van der Waals surface area contributed by atoms with Crippen LogP contribution >= 0.6 is 11.6 Å². The first kappa shape index (κ1) is 74.6. The second-order valence-electron chi connectivity index (χ2n) is 27.9. The molecule has 3 aliphatic carbocycles. The molecule has 15 atom stereocenters. The summed E-state index contributed by atoms with van der Waals surface area (Å²) in [6.45, 7) is 1.52. The molecule has 0 bridgehead atoms. The highest BCUT2D eigenvalue weighted by Gasteiger charge is 2.80. The summed E-state index contributed by atoms with van der Waals surface area (Å²) in [5, 5.41) is 109. The van der Waals surface area contributed by atoms with Crippen molar-refractivity contribution in [3.63, 3.8) is 0 Å². The number of hydrogen-bond acceptors (Lipinski definition) is 22. The minimum atomic E-state index is -1.92. The van der Waals surface area contributed by atoms with Gasteiger partial charge < -0.3 is 78.9 Å². The molecule has 0 spiro atoms. The Morgan fingerprint density at radius 2 is 0.695 bits per heavy atom. The summed E-state index contributed by atoms with van der Waals surface area (Å²) in [5.41, 5.74) is -2.63. The normalized spacial score (nSPS) is 28.6. The van der Waals surface area contributed by atoms with Crippen LogP contribution in [-0.2, 0) is 33.6 Å². The number of aliphatic hydroxyl groups excluding tert-OH is 4. The fraction of sp³-hybridized carbons (Fsp3) is 0.341. The van der Waals surface area contributed by atoms with Crippen LogP contribution < -0.4 is 28.4 Å². The molecule has 6 heterocycles. The zero-order chi connectivity index (χ0) is 75.1. The molecule has 6 aromatic carbocycles.